The highest BCUT2D eigenvalue weighted by Gasteiger charge is 2.38. The molecule has 0 bridgehead atoms. The van der Waals surface area contributed by atoms with E-state index in [1.807, 2.05) is 35.8 Å². The van der Waals surface area contributed by atoms with Gasteiger partial charge < -0.3 is 14.2 Å². The molecule has 7 nitrogen and oxygen atoms in total. The van der Waals surface area contributed by atoms with E-state index < -0.39 is 5.54 Å². The van der Waals surface area contributed by atoms with E-state index in [-0.39, 0.29) is 11.7 Å². The Morgan fingerprint density at radius 2 is 2.03 bits per heavy atom. The maximum Gasteiger partial charge on any atom is 0.234 e. The first-order valence-corrected chi connectivity index (χ1v) is 10.9. The van der Waals surface area contributed by atoms with Crippen LogP contribution < -0.4 is 4.74 Å². The number of aromatic nitrogens is 3. The summed E-state index contributed by atoms with van der Waals surface area (Å²) in [5.74, 6) is 1.62. The van der Waals surface area contributed by atoms with Gasteiger partial charge in [0.1, 0.15) is 11.3 Å². The van der Waals surface area contributed by atoms with Gasteiger partial charge in [-0.25, -0.2) is 0 Å². The third-order valence-corrected chi connectivity index (χ3v) is 6.56. The van der Waals surface area contributed by atoms with Crippen molar-refractivity contribution in [2.24, 2.45) is 0 Å². The summed E-state index contributed by atoms with van der Waals surface area (Å²) in [6.45, 7) is 2.70. The predicted molar refractivity (Wildman–Crippen MR) is 113 cm³/mol. The summed E-state index contributed by atoms with van der Waals surface area (Å²) < 4.78 is 7.43. The Morgan fingerprint density at radius 3 is 2.69 bits per heavy atom. The fourth-order valence-electron chi connectivity index (χ4n) is 3.83. The van der Waals surface area contributed by atoms with Crippen molar-refractivity contribution < 1.29 is 9.53 Å². The van der Waals surface area contributed by atoms with Gasteiger partial charge in [-0.05, 0) is 31.9 Å². The Kier molecular flexibility index (Phi) is 6.80. The number of para-hydroxylation sites is 1. The molecule has 1 aromatic heterocycles. The van der Waals surface area contributed by atoms with Crippen molar-refractivity contribution in [1.29, 1.82) is 5.26 Å². The van der Waals surface area contributed by atoms with Crippen LogP contribution >= 0.6 is 11.8 Å². The molecule has 0 radical (unpaired) electrons. The van der Waals surface area contributed by atoms with E-state index in [9.17, 15) is 10.1 Å². The quantitative estimate of drug-likeness (QED) is 0.643. The number of carbonyl (C=O) groups is 1. The fourth-order valence-corrected chi connectivity index (χ4v) is 4.75. The first kappa shape index (κ1) is 21.2. The Bertz CT molecular complexity index is 899. The molecule has 1 aromatic carbocycles. The van der Waals surface area contributed by atoms with E-state index in [0.29, 0.717) is 17.5 Å². The number of ether oxygens (including phenoxy) is 1. The molecule has 0 atom stereocenters. The van der Waals surface area contributed by atoms with Gasteiger partial charge in [0.05, 0.1) is 24.5 Å². The van der Waals surface area contributed by atoms with Crippen LogP contribution in [0.3, 0.4) is 0 Å². The largest absolute Gasteiger partial charge is 0.496 e. The lowest BCUT2D eigenvalue weighted by atomic mass is 9.81. The number of rotatable bonds is 7. The maximum atomic E-state index is 12.8. The second-order valence-electron chi connectivity index (χ2n) is 7.20. The topological polar surface area (TPSA) is 84.0 Å². The van der Waals surface area contributed by atoms with Gasteiger partial charge in [0, 0.05) is 13.6 Å². The molecule has 1 heterocycles. The molecule has 1 saturated carbocycles. The lowest BCUT2D eigenvalue weighted by Crippen LogP contribution is -2.50. The third kappa shape index (κ3) is 4.25. The van der Waals surface area contributed by atoms with Gasteiger partial charge >= 0.3 is 0 Å². The van der Waals surface area contributed by atoms with E-state index in [1.165, 1.54) is 11.8 Å². The van der Waals surface area contributed by atoms with Crippen molar-refractivity contribution >= 4 is 17.7 Å². The van der Waals surface area contributed by atoms with E-state index in [1.54, 1.807) is 19.1 Å². The Morgan fingerprint density at radius 1 is 1.31 bits per heavy atom. The van der Waals surface area contributed by atoms with Gasteiger partial charge in [0.2, 0.25) is 5.91 Å². The molecule has 1 aliphatic rings. The number of hydrogen-bond acceptors (Lipinski definition) is 6. The van der Waals surface area contributed by atoms with Crippen LogP contribution in [-0.2, 0) is 11.3 Å². The standard InChI is InChI=1S/C21H27N5O2S/c1-4-26-19(16-10-6-7-11-17(16)28-3)23-24-20(26)29-14-18(27)25(2)21(15-22)12-8-5-9-13-21/h6-7,10-11H,4-5,8-9,12-14H2,1-3H3. The average molecular weight is 414 g/mol. The monoisotopic (exact) mass is 413 g/mol. The molecule has 0 N–H and O–H groups in total. The molecular formula is C21H27N5O2S. The minimum atomic E-state index is -0.670. The zero-order valence-corrected chi connectivity index (χ0v) is 18.0. The number of hydrogen-bond donors (Lipinski definition) is 0. The van der Waals surface area contributed by atoms with Gasteiger partial charge in [-0.3, -0.25) is 4.79 Å². The summed E-state index contributed by atoms with van der Waals surface area (Å²) in [5.41, 5.74) is 0.196. The van der Waals surface area contributed by atoms with Crippen LogP contribution in [0.5, 0.6) is 5.75 Å². The van der Waals surface area contributed by atoms with Gasteiger partial charge in [-0.1, -0.05) is 43.2 Å². The molecule has 1 fully saturated rings. The van der Waals surface area contributed by atoms with E-state index in [4.69, 9.17) is 4.74 Å². The molecule has 1 aliphatic carbocycles. The summed E-state index contributed by atoms with van der Waals surface area (Å²) >= 11 is 1.36. The minimum absolute atomic E-state index is 0.0528. The lowest BCUT2D eigenvalue weighted by Gasteiger charge is -2.39. The maximum absolute atomic E-state index is 12.8. The summed E-state index contributed by atoms with van der Waals surface area (Å²) in [6.07, 6.45) is 4.61. The molecule has 0 spiro atoms. The first-order valence-electron chi connectivity index (χ1n) is 9.93. The van der Waals surface area contributed by atoms with Crippen LogP contribution in [0.2, 0.25) is 0 Å². The van der Waals surface area contributed by atoms with E-state index in [2.05, 4.69) is 16.3 Å². The van der Waals surface area contributed by atoms with Crippen LogP contribution in [0.15, 0.2) is 29.4 Å². The normalized spacial score (nSPS) is 15.5. The van der Waals surface area contributed by atoms with Crippen LogP contribution in [0.1, 0.15) is 39.0 Å². The minimum Gasteiger partial charge on any atom is -0.496 e. The Hall–Kier alpha value is -2.53. The number of thioether (sulfide) groups is 1. The zero-order valence-electron chi connectivity index (χ0n) is 17.2. The zero-order chi connectivity index (χ0) is 20.9. The first-order chi connectivity index (χ1) is 14.1. The molecule has 3 rings (SSSR count). The van der Waals surface area contributed by atoms with Crippen molar-refractivity contribution in [3.63, 3.8) is 0 Å². The second kappa shape index (κ2) is 9.31. The molecule has 0 aliphatic heterocycles. The summed E-state index contributed by atoms with van der Waals surface area (Å²) in [4.78, 5) is 14.5. The van der Waals surface area contributed by atoms with Crippen molar-refractivity contribution in [3.8, 4) is 23.2 Å². The Labute approximate surface area is 176 Å². The smallest absolute Gasteiger partial charge is 0.234 e. The van der Waals surface area contributed by atoms with Crippen molar-refractivity contribution in [2.45, 2.75) is 56.3 Å². The molecule has 2 aromatic rings. The number of benzene rings is 1. The summed E-state index contributed by atoms with van der Waals surface area (Å²) in [5, 5.41) is 19.1. The fraction of sp³-hybridized carbons (Fsp3) is 0.524. The van der Waals surface area contributed by atoms with Crippen LogP contribution in [-0.4, -0.2) is 51.0 Å². The number of carbonyl (C=O) groups excluding carboxylic acids is 1. The average Bonchev–Trinajstić information content (AvgIpc) is 3.19. The van der Waals surface area contributed by atoms with Crippen LogP contribution in [0.4, 0.5) is 0 Å². The lowest BCUT2D eigenvalue weighted by molar-refractivity contribution is -0.131. The molecule has 154 valence electrons. The van der Waals surface area contributed by atoms with Gasteiger partial charge in [0.25, 0.3) is 0 Å². The number of amides is 1. The number of nitriles is 1. The molecule has 0 unspecified atom stereocenters. The number of methoxy groups -OCH3 is 1. The summed E-state index contributed by atoms with van der Waals surface area (Å²) in [6, 6.07) is 10.1. The van der Waals surface area contributed by atoms with Crippen molar-refractivity contribution in [1.82, 2.24) is 19.7 Å². The van der Waals surface area contributed by atoms with E-state index in [0.717, 1.165) is 43.4 Å². The molecule has 29 heavy (non-hydrogen) atoms. The Balaban J connectivity index is 1.75. The highest BCUT2D eigenvalue weighted by molar-refractivity contribution is 7.99. The van der Waals surface area contributed by atoms with Crippen molar-refractivity contribution in [3.05, 3.63) is 24.3 Å². The molecule has 8 heteroatoms. The van der Waals surface area contributed by atoms with Crippen molar-refractivity contribution in [2.75, 3.05) is 19.9 Å². The second-order valence-corrected chi connectivity index (χ2v) is 8.14. The highest BCUT2D eigenvalue weighted by atomic mass is 32.2. The van der Waals surface area contributed by atoms with E-state index >= 15 is 0 Å². The van der Waals surface area contributed by atoms with Crippen LogP contribution in [0.25, 0.3) is 11.4 Å². The van der Waals surface area contributed by atoms with Gasteiger partial charge in [-0.2, -0.15) is 5.26 Å². The van der Waals surface area contributed by atoms with Gasteiger partial charge in [-0.15, -0.1) is 10.2 Å². The van der Waals surface area contributed by atoms with Gasteiger partial charge in [0.15, 0.2) is 11.0 Å². The predicted octanol–water partition coefficient (Wildman–Crippen LogP) is 3.75. The molecule has 1 amide bonds. The third-order valence-electron chi connectivity index (χ3n) is 5.61. The van der Waals surface area contributed by atoms with Crippen LogP contribution in [0, 0.1) is 11.3 Å². The highest BCUT2D eigenvalue weighted by Crippen LogP contribution is 2.34. The molecule has 0 saturated heterocycles. The number of nitrogens with zero attached hydrogens (tertiary/aromatic N) is 5. The molecular weight excluding hydrogens is 386 g/mol. The summed E-state index contributed by atoms with van der Waals surface area (Å²) in [7, 11) is 3.38. The SMILES string of the molecule is CCn1c(SCC(=O)N(C)C2(C#N)CCCCC2)nnc1-c1ccccc1OC.